The smallest absolute Gasteiger partial charge is 0.293 e. The van der Waals surface area contributed by atoms with Crippen molar-refractivity contribution in [3.8, 4) is 5.75 Å². The molecule has 0 aliphatic heterocycles. The molecule has 0 saturated carbocycles. The van der Waals surface area contributed by atoms with Crippen LogP contribution in [0.1, 0.15) is 33.2 Å². The second-order valence-electron chi connectivity index (χ2n) is 7.14. The maximum atomic E-state index is 13.2. The van der Waals surface area contributed by atoms with E-state index in [1.165, 1.54) is 24.3 Å². The highest BCUT2D eigenvalue weighted by Crippen LogP contribution is 2.29. The van der Waals surface area contributed by atoms with Gasteiger partial charge in [-0.25, -0.2) is 0 Å². The Hall–Kier alpha value is -4.20. The number of rotatable bonds is 8. The monoisotopic (exact) mass is 433 g/mol. The second-order valence-corrected chi connectivity index (χ2v) is 7.14. The van der Waals surface area contributed by atoms with Crippen LogP contribution in [-0.2, 0) is 0 Å². The van der Waals surface area contributed by atoms with E-state index in [1.807, 2.05) is 6.92 Å². The lowest BCUT2D eigenvalue weighted by atomic mass is 9.97. The van der Waals surface area contributed by atoms with Gasteiger partial charge < -0.3 is 15.0 Å². The van der Waals surface area contributed by atoms with Crippen LogP contribution in [0.3, 0.4) is 0 Å². The lowest BCUT2D eigenvalue weighted by Gasteiger charge is -2.14. The van der Waals surface area contributed by atoms with Gasteiger partial charge in [0.2, 0.25) is 0 Å². The van der Waals surface area contributed by atoms with Crippen LogP contribution in [0, 0.1) is 10.1 Å². The number of anilines is 2. The van der Waals surface area contributed by atoms with E-state index in [1.54, 1.807) is 61.5 Å². The van der Waals surface area contributed by atoms with E-state index in [2.05, 4.69) is 5.32 Å². The molecule has 1 amide bonds. The Morgan fingerprint density at radius 3 is 2.25 bits per heavy atom. The number of carbonyl (C=O) groups is 2. The van der Waals surface area contributed by atoms with Crippen LogP contribution in [0.5, 0.6) is 5.75 Å². The molecule has 1 N–H and O–H groups in total. The fourth-order valence-electron chi connectivity index (χ4n) is 3.22. The Kier molecular flexibility index (Phi) is 6.84. The van der Waals surface area contributed by atoms with Crippen molar-refractivity contribution in [2.45, 2.75) is 6.92 Å². The number of nitro groups is 1. The zero-order valence-corrected chi connectivity index (χ0v) is 18.0. The molecule has 0 radical (unpaired) electrons. The van der Waals surface area contributed by atoms with Crippen LogP contribution < -0.4 is 15.0 Å². The summed E-state index contributed by atoms with van der Waals surface area (Å²) < 4.78 is 5.39. The van der Waals surface area contributed by atoms with Gasteiger partial charge in [-0.15, -0.1) is 0 Å². The number of ketones is 1. The number of hydrogen-bond acceptors (Lipinski definition) is 6. The summed E-state index contributed by atoms with van der Waals surface area (Å²) in [6.07, 6.45) is 0. The maximum Gasteiger partial charge on any atom is 0.293 e. The second kappa shape index (κ2) is 9.74. The average molecular weight is 433 g/mol. The Bertz CT molecular complexity index is 1160. The first-order valence-electron chi connectivity index (χ1n) is 9.95. The SMILES string of the molecule is CCOc1ccc(NC(=O)c2ccccc2C(=O)c2ccc(N(C)C)c([N+](=O)[O-])c2)cc1. The molecule has 0 bridgehead atoms. The molecule has 0 spiro atoms. The molecule has 0 fully saturated rings. The quantitative estimate of drug-likeness (QED) is 0.318. The molecule has 8 heteroatoms. The van der Waals surface area contributed by atoms with E-state index in [4.69, 9.17) is 4.74 Å². The van der Waals surface area contributed by atoms with Crippen molar-refractivity contribution in [3.63, 3.8) is 0 Å². The number of nitrogens with one attached hydrogen (secondary N) is 1. The van der Waals surface area contributed by atoms with Crippen LogP contribution in [-0.4, -0.2) is 37.3 Å². The predicted molar refractivity (Wildman–Crippen MR) is 123 cm³/mol. The molecule has 0 heterocycles. The zero-order chi connectivity index (χ0) is 23.3. The van der Waals surface area contributed by atoms with Crippen molar-refractivity contribution in [3.05, 3.63) is 93.5 Å². The van der Waals surface area contributed by atoms with E-state index in [0.29, 0.717) is 23.7 Å². The van der Waals surface area contributed by atoms with Gasteiger partial charge in [-0.05, 0) is 49.4 Å². The molecule has 0 aliphatic rings. The summed E-state index contributed by atoms with van der Waals surface area (Å²) in [5, 5.41) is 14.2. The number of nitro benzene ring substituents is 1. The third-order valence-corrected chi connectivity index (χ3v) is 4.76. The molecule has 0 atom stereocenters. The van der Waals surface area contributed by atoms with E-state index in [-0.39, 0.29) is 22.4 Å². The van der Waals surface area contributed by atoms with Gasteiger partial charge in [0, 0.05) is 37.0 Å². The fourth-order valence-corrected chi connectivity index (χ4v) is 3.22. The van der Waals surface area contributed by atoms with Gasteiger partial charge in [-0.2, -0.15) is 0 Å². The molecule has 0 aromatic heterocycles. The highest BCUT2D eigenvalue weighted by molar-refractivity contribution is 6.18. The highest BCUT2D eigenvalue weighted by Gasteiger charge is 2.22. The molecule has 8 nitrogen and oxygen atoms in total. The standard InChI is InChI=1S/C24H23N3O5/c1-4-32-18-12-10-17(11-13-18)25-24(29)20-8-6-5-7-19(20)23(28)16-9-14-21(26(2)3)22(15-16)27(30)31/h5-15H,4H2,1-3H3,(H,25,29). The fraction of sp³-hybridized carbons (Fsp3) is 0.167. The summed E-state index contributed by atoms with van der Waals surface area (Å²) >= 11 is 0. The summed E-state index contributed by atoms with van der Waals surface area (Å²) in [6, 6.07) is 17.5. The first-order valence-corrected chi connectivity index (χ1v) is 9.95. The topological polar surface area (TPSA) is 102 Å². The third kappa shape index (κ3) is 4.92. The van der Waals surface area contributed by atoms with Crippen LogP contribution >= 0.6 is 0 Å². The molecule has 3 rings (SSSR count). The van der Waals surface area contributed by atoms with Gasteiger partial charge in [0.25, 0.3) is 11.6 Å². The molecule has 3 aromatic rings. The third-order valence-electron chi connectivity index (χ3n) is 4.76. The molecule has 0 unspecified atom stereocenters. The minimum atomic E-state index is -0.531. The van der Waals surface area contributed by atoms with Crippen LogP contribution in [0.2, 0.25) is 0 Å². The van der Waals surface area contributed by atoms with E-state index >= 15 is 0 Å². The van der Waals surface area contributed by atoms with Crippen LogP contribution in [0.4, 0.5) is 17.1 Å². The maximum absolute atomic E-state index is 13.2. The Labute approximate surface area is 185 Å². The van der Waals surface area contributed by atoms with Gasteiger partial charge in [0.15, 0.2) is 5.78 Å². The summed E-state index contributed by atoms with van der Waals surface area (Å²) in [5.41, 5.74) is 1.20. The number of nitrogens with zero attached hydrogens (tertiary/aromatic N) is 2. The van der Waals surface area contributed by atoms with Crippen molar-refractivity contribution in [2.75, 3.05) is 30.9 Å². The summed E-state index contributed by atoms with van der Waals surface area (Å²) in [4.78, 5) is 38.6. The Morgan fingerprint density at radius 1 is 1.00 bits per heavy atom. The number of ether oxygens (including phenoxy) is 1. The van der Waals surface area contributed by atoms with Gasteiger partial charge in [0.05, 0.1) is 17.1 Å². The van der Waals surface area contributed by atoms with Crippen molar-refractivity contribution in [1.29, 1.82) is 0 Å². The molecule has 32 heavy (non-hydrogen) atoms. The summed E-state index contributed by atoms with van der Waals surface area (Å²) in [6.45, 7) is 2.42. The van der Waals surface area contributed by atoms with Crippen molar-refractivity contribution in [2.24, 2.45) is 0 Å². The molecular weight excluding hydrogens is 410 g/mol. The van der Waals surface area contributed by atoms with Crippen LogP contribution in [0.15, 0.2) is 66.7 Å². The first kappa shape index (κ1) is 22.5. The van der Waals surface area contributed by atoms with Gasteiger partial charge in [-0.1, -0.05) is 18.2 Å². The Balaban J connectivity index is 1.90. The molecule has 164 valence electrons. The Morgan fingerprint density at radius 2 is 1.66 bits per heavy atom. The summed E-state index contributed by atoms with van der Waals surface area (Å²) in [5.74, 6) is -0.253. The van der Waals surface area contributed by atoms with Gasteiger partial charge >= 0.3 is 0 Å². The van der Waals surface area contributed by atoms with Crippen molar-refractivity contribution >= 4 is 28.8 Å². The van der Waals surface area contributed by atoms with E-state index in [0.717, 1.165) is 0 Å². The summed E-state index contributed by atoms with van der Waals surface area (Å²) in [7, 11) is 3.37. The first-order chi connectivity index (χ1) is 15.3. The zero-order valence-electron chi connectivity index (χ0n) is 18.0. The van der Waals surface area contributed by atoms with Gasteiger partial charge in [-0.3, -0.25) is 19.7 Å². The van der Waals surface area contributed by atoms with E-state index < -0.39 is 16.6 Å². The predicted octanol–water partition coefficient (Wildman–Crippen LogP) is 4.54. The van der Waals surface area contributed by atoms with Crippen LogP contribution in [0.25, 0.3) is 0 Å². The lowest BCUT2D eigenvalue weighted by Crippen LogP contribution is -2.17. The number of benzene rings is 3. The number of hydrogen-bond donors (Lipinski definition) is 1. The van der Waals surface area contributed by atoms with E-state index in [9.17, 15) is 19.7 Å². The largest absolute Gasteiger partial charge is 0.494 e. The molecule has 3 aromatic carbocycles. The lowest BCUT2D eigenvalue weighted by molar-refractivity contribution is -0.384. The van der Waals surface area contributed by atoms with Crippen molar-refractivity contribution in [1.82, 2.24) is 0 Å². The molecule has 0 saturated heterocycles. The van der Waals surface area contributed by atoms with Crippen molar-refractivity contribution < 1.29 is 19.2 Å². The minimum Gasteiger partial charge on any atom is -0.494 e. The number of amides is 1. The minimum absolute atomic E-state index is 0.128. The number of carbonyl (C=O) groups excluding carboxylic acids is 2. The molecule has 0 aliphatic carbocycles. The molecular formula is C24H23N3O5. The van der Waals surface area contributed by atoms with Gasteiger partial charge in [0.1, 0.15) is 11.4 Å². The highest BCUT2D eigenvalue weighted by atomic mass is 16.6. The average Bonchev–Trinajstić information content (AvgIpc) is 2.79. The normalized spacial score (nSPS) is 10.3.